The van der Waals surface area contributed by atoms with Gasteiger partial charge in [0.1, 0.15) is 0 Å². The average Bonchev–Trinajstić information content (AvgIpc) is 2.50. The van der Waals surface area contributed by atoms with Gasteiger partial charge in [-0.15, -0.1) is 0 Å². The number of hydrogen-bond donors (Lipinski definition) is 2. The zero-order valence-electron chi connectivity index (χ0n) is 11.9. The van der Waals surface area contributed by atoms with Crippen molar-refractivity contribution in [3.8, 4) is 0 Å². The van der Waals surface area contributed by atoms with Gasteiger partial charge in [0.05, 0.1) is 10.7 Å². The molecule has 3 nitrogen and oxygen atoms in total. The molecule has 0 aromatic heterocycles. The molecule has 4 heteroatoms. The van der Waals surface area contributed by atoms with Gasteiger partial charge in [0.15, 0.2) is 0 Å². The Labute approximate surface area is 129 Å². The highest BCUT2D eigenvalue weighted by Gasteiger charge is 2.18. The van der Waals surface area contributed by atoms with Crippen LogP contribution in [0.25, 0.3) is 0 Å². The Bertz CT molecular complexity index is 697. The van der Waals surface area contributed by atoms with E-state index in [1.807, 2.05) is 37.3 Å². The molecule has 1 aliphatic rings. The summed E-state index contributed by atoms with van der Waals surface area (Å²) in [6.45, 7) is 2.93. The lowest BCUT2D eigenvalue weighted by Gasteiger charge is -2.20. The monoisotopic (exact) mass is 300 g/mol. The molecule has 0 fully saturated rings. The predicted molar refractivity (Wildman–Crippen MR) is 87.4 cm³/mol. The van der Waals surface area contributed by atoms with Crippen molar-refractivity contribution in [2.24, 2.45) is 0 Å². The summed E-state index contributed by atoms with van der Waals surface area (Å²) < 4.78 is 0. The first-order valence-corrected chi connectivity index (χ1v) is 7.46. The molecule has 1 amide bonds. The van der Waals surface area contributed by atoms with E-state index in [-0.39, 0.29) is 5.91 Å². The zero-order chi connectivity index (χ0) is 14.8. The van der Waals surface area contributed by atoms with Gasteiger partial charge in [-0.3, -0.25) is 4.79 Å². The van der Waals surface area contributed by atoms with E-state index in [1.165, 1.54) is 0 Å². The molecule has 0 saturated heterocycles. The minimum Gasteiger partial charge on any atom is -0.385 e. The van der Waals surface area contributed by atoms with E-state index in [9.17, 15) is 4.79 Å². The van der Waals surface area contributed by atoms with Crippen LogP contribution in [0.2, 0.25) is 5.02 Å². The molecule has 1 aliphatic heterocycles. The van der Waals surface area contributed by atoms with Crippen molar-refractivity contribution < 1.29 is 4.79 Å². The van der Waals surface area contributed by atoms with Crippen LogP contribution in [0.5, 0.6) is 0 Å². The maximum atomic E-state index is 12.6. The van der Waals surface area contributed by atoms with Gasteiger partial charge in [0, 0.05) is 17.8 Å². The highest BCUT2D eigenvalue weighted by Crippen LogP contribution is 2.27. The number of anilines is 2. The number of nitrogens with one attached hydrogen (secondary N) is 2. The summed E-state index contributed by atoms with van der Waals surface area (Å²) in [6.07, 6.45) is 1.97. The number of benzene rings is 2. The minimum atomic E-state index is -0.108. The topological polar surface area (TPSA) is 41.1 Å². The highest BCUT2D eigenvalue weighted by molar-refractivity contribution is 6.34. The van der Waals surface area contributed by atoms with Gasteiger partial charge in [0.25, 0.3) is 5.91 Å². The lowest BCUT2D eigenvalue weighted by atomic mass is 9.97. The molecular weight excluding hydrogens is 284 g/mol. The molecule has 108 valence electrons. The van der Waals surface area contributed by atoms with Crippen molar-refractivity contribution in [2.75, 3.05) is 17.2 Å². The van der Waals surface area contributed by atoms with Crippen molar-refractivity contribution >= 4 is 28.9 Å². The van der Waals surface area contributed by atoms with Crippen molar-refractivity contribution in [1.29, 1.82) is 0 Å². The molecule has 2 aromatic rings. The van der Waals surface area contributed by atoms with Crippen LogP contribution in [0.15, 0.2) is 36.4 Å². The summed E-state index contributed by atoms with van der Waals surface area (Å²) in [5, 5.41) is 6.81. The first-order valence-electron chi connectivity index (χ1n) is 7.08. The predicted octanol–water partition coefficient (Wildman–Crippen LogP) is 4.26. The van der Waals surface area contributed by atoms with E-state index in [0.717, 1.165) is 41.8 Å². The summed E-state index contributed by atoms with van der Waals surface area (Å²) >= 11 is 6.14. The number of amides is 1. The van der Waals surface area contributed by atoms with Gasteiger partial charge in [-0.05, 0) is 55.2 Å². The number of aryl methyl sites for hydroxylation is 1. The first kappa shape index (κ1) is 14.0. The Morgan fingerprint density at radius 3 is 3.00 bits per heavy atom. The van der Waals surface area contributed by atoms with Crippen LogP contribution in [0.3, 0.4) is 0 Å². The van der Waals surface area contributed by atoms with Crippen molar-refractivity contribution in [3.63, 3.8) is 0 Å². The van der Waals surface area contributed by atoms with Crippen LogP contribution in [0.4, 0.5) is 11.4 Å². The molecule has 0 atom stereocenters. The highest BCUT2D eigenvalue weighted by atomic mass is 35.5. The fourth-order valence-corrected chi connectivity index (χ4v) is 2.81. The molecule has 3 rings (SSSR count). The first-order chi connectivity index (χ1) is 10.1. The number of carbonyl (C=O) groups is 1. The fraction of sp³-hybridized carbons (Fsp3) is 0.235. The largest absolute Gasteiger partial charge is 0.385 e. The second kappa shape index (κ2) is 5.78. The second-order valence-corrected chi connectivity index (χ2v) is 5.71. The second-order valence-electron chi connectivity index (χ2n) is 5.30. The van der Waals surface area contributed by atoms with E-state index in [0.29, 0.717) is 10.7 Å². The molecule has 0 spiro atoms. The molecule has 21 heavy (non-hydrogen) atoms. The number of hydrogen-bond acceptors (Lipinski definition) is 2. The third-order valence-electron chi connectivity index (χ3n) is 3.71. The molecule has 0 unspecified atom stereocenters. The Balaban J connectivity index is 1.91. The van der Waals surface area contributed by atoms with E-state index >= 15 is 0 Å². The standard InChI is InChI=1S/C17H17ClN2O/c1-11-7-8-14(18)16(10-11)20-17(21)13-4-2-6-15-12(13)5-3-9-19-15/h2,4,6-8,10,19H,3,5,9H2,1H3,(H,20,21). The number of halogens is 1. The molecule has 2 N–H and O–H groups in total. The SMILES string of the molecule is Cc1ccc(Cl)c(NC(=O)c2cccc3c2CCCN3)c1. The molecule has 0 bridgehead atoms. The molecule has 2 aromatic carbocycles. The van der Waals surface area contributed by atoms with Gasteiger partial charge in [-0.2, -0.15) is 0 Å². The quantitative estimate of drug-likeness (QED) is 0.870. The van der Waals surface area contributed by atoms with Gasteiger partial charge in [-0.1, -0.05) is 23.7 Å². The Morgan fingerprint density at radius 2 is 2.14 bits per heavy atom. The molecule has 1 heterocycles. The van der Waals surface area contributed by atoms with Crippen LogP contribution in [-0.4, -0.2) is 12.5 Å². The van der Waals surface area contributed by atoms with Crippen LogP contribution >= 0.6 is 11.6 Å². The Morgan fingerprint density at radius 1 is 1.29 bits per heavy atom. The normalized spacial score (nSPS) is 13.2. The summed E-state index contributed by atoms with van der Waals surface area (Å²) in [6, 6.07) is 11.4. The van der Waals surface area contributed by atoms with E-state index in [1.54, 1.807) is 6.07 Å². The lowest BCUT2D eigenvalue weighted by molar-refractivity contribution is 0.102. The average molecular weight is 301 g/mol. The molecule has 0 radical (unpaired) electrons. The number of rotatable bonds is 2. The van der Waals surface area contributed by atoms with Gasteiger partial charge < -0.3 is 10.6 Å². The van der Waals surface area contributed by atoms with E-state index in [2.05, 4.69) is 10.6 Å². The third kappa shape index (κ3) is 2.88. The van der Waals surface area contributed by atoms with E-state index < -0.39 is 0 Å². The van der Waals surface area contributed by atoms with Crippen molar-refractivity contribution in [1.82, 2.24) is 0 Å². The van der Waals surface area contributed by atoms with Crippen LogP contribution in [0, 0.1) is 6.92 Å². The molecule has 0 aliphatic carbocycles. The Hall–Kier alpha value is -2.00. The maximum Gasteiger partial charge on any atom is 0.256 e. The third-order valence-corrected chi connectivity index (χ3v) is 4.04. The smallest absolute Gasteiger partial charge is 0.256 e. The Kier molecular flexibility index (Phi) is 3.84. The van der Waals surface area contributed by atoms with Crippen LogP contribution < -0.4 is 10.6 Å². The zero-order valence-corrected chi connectivity index (χ0v) is 12.6. The van der Waals surface area contributed by atoms with Crippen molar-refractivity contribution in [2.45, 2.75) is 19.8 Å². The summed E-state index contributed by atoms with van der Waals surface area (Å²) in [5.74, 6) is -0.108. The number of fused-ring (bicyclic) bond motifs is 1. The van der Waals surface area contributed by atoms with Gasteiger partial charge >= 0.3 is 0 Å². The summed E-state index contributed by atoms with van der Waals surface area (Å²) in [4.78, 5) is 12.6. The van der Waals surface area contributed by atoms with Crippen LogP contribution in [0.1, 0.15) is 27.9 Å². The maximum absolute atomic E-state index is 12.6. The summed E-state index contributed by atoms with van der Waals surface area (Å²) in [5.41, 5.74) is 4.58. The van der Waals surface area contributed by atoms with E-state index in [4.69, 9.17) is 11.6 Å². The molecule has 0 saturated carbocycles. The summed E-state index contributed by atoms with van der Waals surface area (Å²) in [7, 11) is 0. The van der Waals surface area contributed by atoms with Crippen LogP contribution in [-0.2, 0) is 6.42 Å². The number of carbonyl (C=O) groups excluding carboxylic acids is 1. The fourth-order valence-electron chi connectivity index (χ4n) is 2.65. The van der Waals surface area contributed by atoms with Crippen molar-refractivity contribution in [3.05, 3.63) is 58.1 Å². The van der Waals surface area contributed by atoms with Gasteiger partial charge in [-0.25, -0.2) is 0 Å². The lowest BCUT2D eigenvalue weighted by Crippen LogP contribution is -2.19. The molecular formula is C17H17ClN2O. The minimum absolute atomic E-state index is 0.108. The van der Waals surface area contributed by atoms with Gasteiger partial charge in [0.2, 0.25) is 0 Å².